The number of likely N-dealkylation sites (tertiary alicyclic amines) is 1. The summed E-state index contributed by atoms with van der Waals surface area (Å²) in [5.74, 6) is 0. The molecule has 0 spiro atoms. The van der Waals surface area contributed by atoms with Gasteiger partial charge in [0.2, 0.25) is 0 Å². The first-order valence-corrected chi connectivity index (χ1v) is 8.32. The highest BCUT2D eigenvalue weighted by Crippen LogP contribution is 2.30. The second-order valence-electron chi connectivity index (χ2n) is 6.33. The average Bonchev–Trinajstić information content (AvgIpc) is 2.47. The number of rotatable bonds is 5. The van der Waals surface area contributed by atoms with E-state index in [0.29, 0.717) is 6.04 Å². The van der Waals surface area contributed by atoms with E-state index < -0.39 is 0 Å². The molecular weight excluding hydrogens is 282 g/mol. The minimum absolute atomic E-state index is 0.143. The van der Waals surface area contributed by atoms with E-state index in [0.717, 1.165) is 24.5 Å². The number of likely N-dealkylation sites (N-methyl/N-ethyl adjacent to an activating group) is 1. The van der Waals surface area contributed by atoms with Crippen molar-refractivity contribution in [3.8, 4) is 0 Å². The first-order chi connectivity index (χ1) is 10.0. The van der Waals surface area contributed by atoms with Gasteiger partial charge < -0.3 is 10.6 Å². The third-order valence-electron chi connectivity index (χ3n) is 4.62. The molecule has 3 atom stereocenters. The molecule has 1 heterocycles. The summed E-state index contributed by atoms with van der Waals surface area (Å²) in [6.07, 6.45) is 3.48. The summed E-state index contributed by atoms with van der Waals surface area (Å²) in [5, 5.41) is 0.793. The van der Waals surface area contributed by atoms with Gasteiger partial charge in [0.15, 0.2) is 0 Å². The lowest BCUT2D eigenvalue weighted by molar-refractivity contribution is 0.0832. The van der Waals surface area contributed by atoms with E-state index >= 15 is 0 Å². The molecule has 0 aliphatic carbocycles. The molecule has 1 aromatic carbocycles. The molecule has 2 N–H and O–H groups in total. The first-order valence-electron chi connectivity index (χ1n) is 7.94. The van der Waals surface area contributed by atoms with Gasteiger partial charge in [-0.3, -0.25) is 4.90 Å². The number of piperidine rings is 1. The molecule has 1 fully saturated rings. The minimum atomic E-state index is 0.143. The zero-order valence-corrected chi connectivity index (χ0v) is 14.2. The summed E-state index contributed by atoms with van der Waals surface area (Å²) in [4.78, 5) is 4.88. The molecule has 1 aliphatic heterocycles. The summed E-state index contributed by atoms with van der Waals surface area (Å²) in [7, 11) is 4.34. The van der Waals surface area contributed by atoms with Crippen molar-refractivity contribution in [1.82, 2.24) is 9.80 Å². The van der Waals surface area contributed by atoms with Crippen LogP contribution in [0.1, 0.15) is 37.8 Å². The predicted molar refractivity (Wildman–Crippen MR) is 90.7 cm³/mol. The number of nitrogens with two attached hydrogens (primary N) is 1. The van der Waals surface area contributed by atoms with E-state index in [4.69, 9.17) is 17.3 Å². The molecule has 1 aromatic rings. The van der Waals surface area contributed by atoms with Crippen LogP contribution >= 0.6 is 11.6 Å². The van der Waals surface area contributed by atoms with Crippen molar-refractivity contribution in [2.24, 2.45) is 5.73 Å². The molecule has 3 unspecified atom stereocenters. The van der Waals surface area contributed by atoms with Gasteiger partial charge in [-0.05, 0) is 57.6 Å². The van der Waals surface area contributed by atoms with Gasteiger partial charge in [-0.1, -0.05) is 30.7 Å². The van der Waals surface area contributed by atoms with Gasteiger partial charge in [-0.15, -0.1) is 0 Å². The summed E-state index contributed by atoms with van der Waals surface area (Å²) >= 11 is 6.19. The maximum Gasteiger partial charge on any atom is 0.0500 e. The standard InChI is InChI=1S/C17H28ClN3/c1-4-16(19)17(13-7-5-8-14(18)11-13)21-10-6-9-15(12-21)20(2)3/h5,7-8,11,15-17H,4,6,9-10,12,19H2,1-3H3. The highest BCUT2D eigenvalue weighted by molar-refractivity contribution is 6.30. The van der Waals surface area contributed by atoms with Crippen LogP contribution in [-0.4, -0.2) is 49.1 Å². The van der Waals surface area contributed by atoms with Gasteiger partial charge >= 0.3 is 0 Å². The summed E-state index contributed by atoms with van der Waals surface area (Å²) in [6, 6.07) is 9.20. The van der Waals surface area contributed by atoms with Crippen LogP contribution < -0.4 is 5.73 Å². The lowest BCUT2D eigenvalue weighted by atomic mass is 9.93. The Labute approximate surface area is 134 Å². The monoisotopic (exact) mass is 309 g/mol. The zero-order chi connectivity index (χ0) is 15.4. The van der Waals surface area contributed by atoms with Crippen LogP contribution in [0.2, 0.25) is 5.02 Å². The van der Waals surface area contributed by atoms with Gasteiger partial charge in [0.05, 0.1) is 0 Å². The number of nitrogens with zero attached hydrogens (tertiary/aromatic N) is 2. The lowest BCUT2D eigenvalue weighted by Crippen LogP contribution is -2.50. The third-order valence-corrected chi connectivity index (χ3v) is 4.85. The first kappa shape index (κ1) is 16.8. The van der Waals surface area contributed by atoms with Crippen molar-refractivity contribution in [3.05, 3.63) is 34.9 Å². The van der Waals surface area contributed by atoms with Crippen LogP contribution in [0.15, 0.2) is 24.3 Å². The number of halogens is 1. The smallest absolute Gasteiger partial charge is 0.0500 e. The van der Waals surface area contributed by atoms with Crippen molar-refractivity contribution in [1.29, 1.82) is 0 Å². The number of hydrogen-bond acceptors (Lipinski definition) is 3. The molecule has 1 aliphatic rings. The topological polar surface area (TPSA) is 32.5 Å². The van der Waals surface area contributed by atoms with Gasteiger partial charge in [-0.2, -0.15) is 0 Å². The largest absolute Gasteiger partial charge is 0.326 e. The van der Waals surface area contributed by atoms with Crippen molar-refractivity contribution < 1.29 is 0 Å². The normalized spacial score (nSPS) is 23.2. The van der Waals surface area contributed by atoms with E-state index in [-0.39, 0.29) is 12.1 Å². The zero-order valence-electron chi connectivity index (χ0n) is 13.4. The predicted octanol–water partition coefficient (Wildman–Crippen LogP) is 3.14. The molecule has 0 radical (unpaired) electrons. The van der Waals surface area contributed by atoms with Gasteiger partial charge in [0, 0.05) is 29.7 Å². The van der Waals surface area contributed by atoms with E-state index in [1.807, 2.05) is 12.1 Å². The Morgan fingerprint density at radius 2 is 2.19 bits per heavy atom. The van der Waals surface area contributed by atoms with Crippen LogP contribution in [0.5, 0.6) is 0 Å². The van der Waals surface area contributed by atoms with Crippen LogP contribution in [-0.2, 0) is 0 Å². The Hall–Kier alpha value is -0.610. The van der Waals surface area contributed by atoms with E-state index in [2.05, 4.69) is 43.0 Å². The molecule has 0 bridgehead atoms. The highest BCUT2D eigenvalue weighted by atomic mass is 35.5. The summed E-state index contributed by atoms with van der Waals surface area (Å²) < 4.78 is 0. The van der Waals surface area contributed by atoms with Crippen molar-refractivity contribution >= 4 is 11.6 Å². The molecule has 0 aromatic heterocycles. The fraction of sp³-hybridized carbons (Fsp3) is 0.647. The maximum absolute atomic E-state index is 6.45. The minimum Gasteiger partial charge on any atom is -0.326 e. The van der Waals surface area contributed by atoms with Gasteiger partial charge in [0.1, 0.15) is 0 Å². The molecule has 0 amide bonds. The molecule has 118 valence electrons. The molecular formula is C17H28ClN3. The molecule has 0 saturated carbocycles. The highest BCUT2D eigenvalue weighted by Gasteiger charge is 2.30. The van der Waals surface area contributed by atoms with Crippen molar-refractivity contribution in [2.45, 2.75) is 44.3 Å². The molecule has 1 saturated heterocycles. The van der Waals surface area contributed by atoms with Crippen molar-refractivity contribution in [3.63, 3.8) is 0 Å². The fourth-order valence-corrected chi connectivity index (χ4v) is 3.50. The van der Waals surface area contributed by atoms with Gasteiger partial charge in [0.25, 0.3) is 0 Å². The van der Waals surface area contributed by atoms with Crippen molar-refractivity contribution in [2.75, 3.05) is 27.2 Å². The molecule has 2 rings (SSSR count). The Bertz CT molecular complexity index is 449. The second-order valence-corrected chi connectivity index (χ2v) is 6.76. The summed E-state index contributed by atoms with van der Waals surface area (Å²) in [6.45, 7) is 4.36. The molecule has 21 heavy (non-hydrogen) atoms. The third kappa shape index (κ3) is 4.19. The van der Waals surface area contributed by atoms with Crippen LogP contribution in [0.3, 0.4) is 0 Å². The molecule has 3 nitrogen and oxygen atoms in total. The van der Waals surface area contributed by atoms with E-state index in [1.54, 1.807) is 0 Å². The number of benzene rings is 1. The average molecular weight is 310 g/mol. The number of hydrogen-bond donors (Lipinski definition) is 1. The van der Waals surface area contributed by atoms with E-state index in [9.17, 15) is 0 Å². The Kier molecular flexibility index (Phi) is 6.06. The van der Waals surface area contributed by atoms with Crippen LogP contribution in [0, 0.1) is 0 Å². The van der Waals surface area contributed by atoms with Crippen LogP contribution in [0.25, 0.3) is 0 Å². The summed E-state index contributed by atoms with van der Waals surface area (Å²) in [5.41, 5.74) is 7.70. The second kappa shape index (κ2) is 7.59. The van der Waals surface area contributed by atoms with E-state index in [1.165, 1.54) is 18.4 Å². The Balaban J connectivity index is 2.23. The Morgan fingerprint density at radius 3 is 2.81 bits per heavy atom. The van der Waals surface area contributed by atoms with Crippen LogP contribution in [0.4, 0.5) is 0 Å². The van der Waals surface area contributed by atoms with Gasteiger partial charge in [-0.25, -0.2) is 0 Å². The molecule has 4 heteroatoms. The SMILES string of the molecule is CCC(N)C(c1cccc(Cl)c1)N1CCCC(N(C)C)C1. The maximum atomic E-state index is 6.45. The fourth-order valence-electron chi connectivity index (χ4n) is 3.30. The Morgan fingerprint density at radius 1 is 1.43 bits per heavy atom. The quantitative estimate of drug-likeness (QED) is 0.907. The lowest BCUT2D eigenvalue weighted by Gasteiger charge is -2.42.